The van der Waals surface area contributed by atoms with Crippen LogP contribution in [0.2, 0.25) is 0 Å². The van der Waals surface area contributed by atoms with Crippen LogP contribution in [0.5, 0.6) is 5.88 Å². The van der Waals surface area contributed by atoms with Crippen LogP contribution in [0.15, 0.2) is 48.7 Å². The predicted molar refractivity (Wildman–Crippen MR) is 137 cm³/mol. The molecule has 8 nitrogen and oxygen atoms in total. The average molecular weight is 504 g/mol. The first-order valence-electron chi connectivity index (χ1n) is 12.3. The minimum atomic E-state index is -0.355. The Morgan fingerprint density at radius 2 is 1.89 bits per heavy atom. The summed E-state index contributed by atoms with van der Waals surface area (Å²) < 4.78 is 24.9. The van der Waals surface area contributed by atoms with Crippen molar-refractivity contribution in [3.8, 4) is 34.5 Å². The maximum Gasteiger partial charge on any atom is 0.410 e. The minimum Gasteiger partial charge on any atom is -0.475 e. The minimum absolute atomic E-state index is 0.147. The Kier molecular flexibility index (Phi) is 8.31. The number of hydrogen-bond acceptors (Lipinski definition) is 7. The third kappa shape index (κ3) is 6.40. The molecular formula is C28H30FN5O3. The molecule has 9 heteroatoms. The lowest BCUT2D eigenvalue weighted by molar-refractivity contribution is 0.0547. The molecular weight excluding hydrogens is 473 g/mol. The number of hydrogen-bond donors (Lipinski definition) is 0. The lowest BCUT2D eigenvalue weighted by Gasteiger charge is -2.34. The van der Waals surface area contributed by atoms with Crippen molar-refractivity contribution in [2.24, 2.45) is 0 Å². The van der Waals surface area contributed by atoms with Gasteiger partial charge in [0.05, 0.1) is 17.5 Å². The Bertz CT molecular complexity index is 1280. The molecule has 1 aliphatic heterocycles. The van der Waals surface area contributed by atoms with Gasteiger partial charge >= 0.3 is 6.09 Å². The maximum atomic E-state index is 13.6. The molecule has 0 saturated carbocycles. The average Bonchev–Trinajstić information content (AvgIpc) is 2.89. The molecule has 0 radical (unpaired) electrons. The Labute approximate surface area is 216 Å². The van der Waals surface area contributed by atoms with Crippen molar-refractivity contribution in [3.05, 3.63) is 65.6 Å². The normalized spacial score (nSPS) is 13.9. The van der Waals surface area contributed by atoms with E-state index in [2.05, 4.69) is 20.9 Å². The maximum absolute atomic E-state index is 13.6. The summed E-state index contributed by atoms with van der Waals surface area (Å²) in [6, 6.07) is 13.8. The predicted octanol–water partition coefficient (Wildman–Crippen LogP) is 4.67. The second-order valence-electron chi connectivity index (χ2n) is 9.13. The van der Waals surface area contributed by atoms with Gasteiger partial charge in [-0.2, -0.15) is 5.26 Å². The molecule has 3 aromatic rings. The third-order valence-electron chi connectivity index (χ3n) is 6.12. The van der Waals surface area contributed by atoms with Crippen molar-refractivity contribution in [3.63, 3.8) is 0 Å². The summed E-state index contributed by atoms with van der Waals surface area (Å²) in [4.78, 5) is 25.2. The summed E-state index contributed by atoms with van der Waals surface area (Å²) in [5, 5.41) is 10.0. The number of pyridine rings is 2. The number of piperazine rings is 1. The zero-order chi connectivity index (χ0) is 26.4. The zero-order valence-corrected chi connectivity index (χ0v) is 21.3. The van der Waals surface area contributed by atoms with Crippen LogP contribution in [0, 0.1) is 24.1 Å². The number of carbonyl (C=O) groups excluding carboxylic acids is 1. The summed E-state index contributed by atoms with van der Waals surface area (Å²) in [6.07, 6.45) is 1.26. The number of aromatic nitrogens is 2. The monoisotopic (exact) mass is 503 g/mol. The van der Waals surface area contributed by atoms with Gasteiger partial charge in [-0.05, 0) is 56.2 Å². The van der Waals surface area contributed by atoms with Crippen molar-refractivity contribution < 1.29 is 18.7 Å². The molecule has 2 aromatic heterocycles. The van der Waals surface area contributed by atoms with Gasteiger partial charge in [0.2, 0.25) is 5.88 Å². The van der Waals surface area contributed by atoms with Gasteiger partial charge in [0.1, 0.15) is 24.1 Å². The van der Waals surface area contributed by atoms with Gasteiger partial charge in [0.25, 0.3) is 0 Å². The van der Waals surface area contributed by atoms with Gasteiger partial charge < -0.3 is 14.4 Å². The Hall–Kier alpha value is -4.03. The first-order chi connectivity index (χ1) is 17.9. The highest BCUT2D eigenvalue weighted by atomic mass is 19.1. The summed E-state index contributed by atoms with van der Waals surface area (Å²) in [7, 11) is 0. The summed E-state index contributed by atoms with van der Waals surface area (Å²) in [5.41, 5.74) is 3.76. The number of carbonyl (C=O) groups is 1. The number of halogens is 1. The highest BCUT2D eigenvalue weighted by Crippen LogP contribution is 2.33. The number of ether oxygens (including phenoxy) is 2. The zero-order valence-electron chi connectivity index (χ0n) is 21.3. The van der Waals surface area contributed by atoms with Crippen molar-refractivity contribution in [2.75, 3.05) is 39.3 Å². The largest absolute Gasteiger partial charge is 0.475 e. The van der Waals surface area contributed by atoms with Crippen LogP contribution in [0.4, 0.5) is 9.18 Å². The van der Waals surface area contributed by atoms with E-state index in [1.165, 1.54) is 12.1 Å². The quantitative estimate of drug-likeness (QED) is 0.463. The number of nitrogens with zero attached hydrogens (tertiary/aromatic N) is 5. The fraction of sp³-hybridized carbons (Fsp3) is 0.357. The van der Waals surface area contributed by atoms with Gasteiger partial charge in [-0.3, -0.25) is 9.88 Å². The topological polar surface area (TPSA) is 91.6 Å². The van der Waals surface area contributed by atoms with E-state index >= 15 is 0 Å². The molecule has 0 atom stereocenters. The third-order valence-corrected chi connectivity index (χ3v) is 6.12. The second kappa shape index (κ2) is 11.8. The molecule has 0 aliphatic carbocycles. The highest BCUT2D eigenvalue weighted by molar-refractivity contribution is 5.77. The lowest BCUT2D eigenvalue weighted by Crippen LogP contribution is -2.50. The van der Waals surface area contributed by atoms with E-state index in [1.54, 1.807) is 29.3 Å². The van der Waals surface area contributed by atoms with Gasteiger partial charge in [0, 0.05) is 44.5 Å². The fourth-order valence-corrected chi connectivity index (χ4v) is 4.17. The molecule has 0 N–H and O–H groups in total. The van der Waals surface area contributed by atoms with Crippen molar-refractivity contribution in [1.29, 1.82) is 5.26 Å². The van der Waals surface area contributed by atoms with E-state index < -0.39 is 0 Å². The van der Waals surface area contributed by atoms with Crippen LogP contribution in [0.3, 0.4) is 0 Å². The number of rotatable bonds is 7. The number of amides is 1. The first-order valence-corrected chi connectivity index (χ1v) is 12.3. The number of benzene rings is 1. The highest BCUT2D eigenvalue weighted by Gasteiger charge is 2.23. The van der Waals surface area contributed by atoms with E-state index in [1.807, 2.05) is 32.9 Å². The van der Waals surface area contributed by atoms with E-state index in [-0.39, 0.29) is 29.5 Å². The van der Waals surface area contributed by atoms with Gasteiger partial charge in [-0.15, -0.1) is 0 Å². The van der Waals surface area contributed by atoms with Crippen LogP contribution in [-0.2, 0) is 4.74 Å². The lowest BCUT2D eigenvalue weighted by atomic mass is 9.99. The van der Waals surface area contributed by atoms with Crippen LogP contribution < -0.4 is 4.74 Å². The molecule has 0 spiro atoms. The van der Waals surface area contributed by atoms with Crippen molar-refractivity contribution in [2.45, 2.75) is 26.9 Å². The molecule has 192 valence electrons. The summed E-state index contributed by atoms with van der Waals surface area (Å²) in [5.74, 6) is -0.144. The number of aryl methyl sites for hydroxylation is 1. The van der Waals surface area contributed by atoms with E-state index in [9.17, 15) is 14.4 Å². The molecule has 1 saturated heterocycles. The standard InChI is InChI=1S/C28H30FN5O3/c1-19(2)37-28(35)34-13-11-33(12-14-34)15-16-36-27-24(18-30)23(21-6-8-22(29)9-7-21)17-25(32-27)26-20(3)5-4-10-31-26/h4-10,17,19H,11-16H2,1-3H3. The molecule has 4 rings (SSSR count). The fourth-order valence-electron chi connectivity index (χ4n) is 4.17. The molecule has 1 amide bonds. The molecule has 37 heavy (non-hydrogen) atoms. The van der Waals surface area contributed by atoms with Gasteiger partial charge in [-0.1, -0.05) is 18.2 Å². The summed E-state index contributed by atoms with van der Waals surface area (Å²) >= 11 is 0. The smallest absolute Gasteiger partial charge is 0.410 e. The van der Waals surface area contributed by atoms with Crippen LogP contribution in [0.1, 0.15) is 25.0 Å². The molecule has 1 fully saturated rings. The molecule has 3 heterocycles. The van der Waals surface area contributed by atoms with Crippen molar-refractivity contribution in [1.82, 2.24) is 19.8 Å². The van der Waals surface area contributed by atoms with Crippen LogP contribution >= 0.6 is 0 Å². The Morgan fingerprint density at radius 3 is 2.54 bits per heavy atom. The van der Waals surface area contributed by atoms with Crippen molar-refractivity contribution >= 4 is 6.09 Å². The van der Waals surface area contributed by atoms with Gasteiger partial charge in [0.15, 0.2) is 0 Å². The summed E-state index contributed by atoms with van der Waals surface area (Å²) in [6.45, 7) is 9.08. The number of nitriles is 1. The molecule has 0 bridgehead atoms. The van der Waals surface area contributed by atoms with Crippen LogP contribution in [0.25, 0.3) is 22.5 Å². The molecule has 1 aliphatic rings. The van der Waals surface area contributed by atoms with E-state index in [0.717, 1.165) is 5.56 Å². The first kappa shape index (κ1) is 26.0. The second-order valence-corrected chi connectivity index (χ2v) is 9.13. The van der Waals surface area contributed by atoms with Gasteiger partial charge in [-0.25, -0.2) is 14.2 Å². The molecule has 1 aromatic carbocycles. The molecule has 0 unspecified atom stereocenters. The Balaban J connectivity index is 1.52. The Morgan fingerprint density at radius 1 is 1.16 bits per heavy atom. The SMILES string of the molecule is Cc1cccnc1-c1cc(-c2ccc(F)cc2)c(C#N)c(OCCN2CCN(C(=O)OC(C)C)CC2)n1. The van der Waals surface area contributed by atoms with Crippen LogP contribution in [-0.4, -0.2) is 71.3 Å². The van der Waals surface area contributed by atoms with E-state index in [4.69, 9.17) is 9.47 Å². The van der Waals surface area contributed by atoms with E-state index in [0.29, 0.717) is 61.8 Å².